The highest BCUT2D eigenvalue weighted by Gasteiger charge is 2.17. The van der Waals surface area contributed by atoms with Crippen LogP contribution in [0.25, 0.3) is 0 Å². The molecule has 2 nitrogen and oxygen atoms in total. The summed E-state index contributed by atoms with van der Waals surface area (Å²) < 4.78 is 5.08. The zero-order valence-electron chi connectivity index (χ0n) is 25.6. The fourth-order valence-corrected chi connectivity index (χ4v) is 5.78. The molecule has 0 saturated carbocycles. The number of hydrogen-bond donors (Lipinski definition) is 0. The van der Waals surface area contributed by atoms with Gasteiger partial charge in [-0.2, -0.15) is 0 Å². The van der Waals surface area contributed by atoms with Crippen LogP contribution < -0.4 is 4.57 Å². The van der Waals surface area contributed by atoms with Gasteiger partial charge >= 0.3 is 0 Å². The van der Waals surface area contributed by atoms with Crippen LogP contribution in [0.5, 0.6) is 0 Å². The van der Waals surface area contributed by atoms with Crippen molar-refractivity contribution in [3.63, 3.8) is 0 Å². The molecule has 2 rings (SSSR count). The van der Waals surface area contributed by atoms with Gasteiger partial charge < -0.3 is 0 Å². The van der Waals surface area contributed by atoms with E-state index in [-0.39, 0.29) is 0 Å². The van der Waals surface area contributed by atoms with E-state index in [9.17, 15) is 0 Å². The molecule has 0 N–H and O–H groups in total. The van der Waals surface area contributed by atoms with E-state index in [0.717, 1.165) is 13.0 Å². The van der Waals surface area contributed by atoms with Crippen LogP contribution in [0, 0.1) is 0 Å². The summed E-state index contributed by atoms with van der Waals surface area (Å²) in [5, 5.41) is 0. The van der Waals surface area contributed by atoms with Crippen LogP contribution in [-0.2, 0) is 19.5 Å². The Morgan fingerprint density at radius 1 is 0.526 bits per heavy atom. The van der Waals surface area contributed by atoms with Crippen LogP contribution in [0.4, 0.5) is 0 Å². The zero-order chi connectivity index (χ0) is 26.9. The lowest BCUT2D eigenvalue weighted by Crippen LogP contribution is -2.37. The molecular weight excluding hydrogens is 460 g/mol. The van der Waals surface area contributed by atoms with E-state index in [4.69, 9.17) is 0 Å². The quantitative estimate of drug-likeness (QED) is 0.0856. The van der Waals surface area contributed by atoms with Gasteiger partial charge in [0, 0.05) is 0 Å². The van der Waals surface area contributed by atoms with Gasteiger partial charge in [0.2, 0.25) is 0 Å². The maximum atomic E-state index is 2.55. The molecule has 216 valence electrons. The molecule has 0 atom stereocenters. The number of rotatable bonds is 26. The van der Waals surface area contributed by atoms with Gasteiger partial charge in [0.05, 0.1) is 19.5 Å². The van der Waals surface area contributed by atoms with E-state index in [1.54, 1.807) is 0 Å². The molecule has 2 aromatic rings. The maximum Gasteiger partial charge on any atom is 0.260 e. The average molecular weight is 524 g/mol. The van der Waals surface area contributed by atoms with Crippen molar-refractivity contribution in [3.8, 4) is 0 Å². The van der Waals surface area contributed by atoms with E-state index >= 15 is 0 Å². The highest BCUT2D eigenvalue weighted by molar-refractivity contribution is 5.18. The first kappa shape index (κ1) is 32.6. The minimum atomic E-state index is 1.04. The summed E-state index contributed by atoms with van der Waals surface area (Å²) in [5.74, 6) is 1.49. The van der Waals surface area contributed by atoms with E-state index in [2.05, 4.69) is 65.7 Å². The molecule has 0 spiro atoms. The summed E-state index contributed by atoms with van der Waals surface area (Å²) in [4.78, 5) is 0. The lowest BCUT2D eigenvalue weighted by Gasteiger charge is -2.07. The Balaban J connectivity index is 1.54. The molecule has 0 unspecified atom stereocenters. The minimum Gasteiger partial charge on any atom is -0.234 e. The van der Waals surface area contributed by atoms with Gasteiger partial charge in [0.15, 0.2) is 0 Å². The molecule has 1 aromatic heterocycles. The van der Waals surface area contributed by atoms with E-state index in [0.29, 0.717) is 0 Å². The first-order valence-electron chi connectivity index (χ1n) is 17.0. The number of hydrogen-bond acceptors (Lipinski definition) is 0. The summed E-state index contributed by atoms with van der Waals surface area (Å²) in [7, 11) is 0. The summed E-state index contributed by atoms with van der Waals surface area (Å²) in [5.41, 5.74) is 1.43. The summed E-state index contributed by atoms with van der Waals surface area (Å²) in [6.45, 7) is 6.94. The minimum absolute atomic E-state index is 1.04. The topological polar surface area (TPSA) is 8.81 Å². The van der Waals surface area contributed by atoms with Crippen molar-refractivity contribution in [2.24, 2.45) is 0 Å². The predicted molar refractivity (Wildman–Crippen MR) is 167 cm³/mol. The van der Waals surface area contributed by atoms with Crippen LogP contribution >= 0.6 is 0 Å². The van der Waals surface area contributed by atoms with Gasteiger partial charge in [-0.3, -0.25) is 0 Å². The Labute approximate surface area is 237 Å². The molecule has 1 aromatic carbocycles. The molecule has 0 amide bonds. The number of unbranched alkanes of at least 4 members (excludes halogenated alkanes) is 20. The van der Waals surface area contributed by atoms with Crippen molar-refractivity contribution in [1.29, 1.82) is 0 Å². The molecule has 0 fully saturated rings. The smallest absolute Gasteiger partial charge is 0.234 e. The van der Waals surface area contributed by atoms with Gasteiger partial charge in [0.1, 0.15) is 12.4 Å². The molecule has 0 aliphatic heterocycles. The van der Waals surface area contributed by atoms with Crippen LogP contribution in [0.1, 0.15) is 166 Å². The largest absolute Gasteiger partial charge is 0.260 e. The number of nitrogens with zero attached hydrogens (tertiary/aromatic N) is 2. The highest BCUT2D eigenvalue weighted by atomic mass is 15.1. The number of aromatic nitrogens is 2. The van der Waals surface area contributed by atoms with Crippen molar-refractivity contribution in [1.82, 2.24) is 4.57 Å². The van der Waals surface area contributed by atoms with Crippen molar-refractivity contribution < 1.29 is 4.57 Å². The first-order chi connectivity index (χ1) is 18.8. The number of benzene rings is 1. The standard InChI is InChI=1S/C36H63N2/c1-3-5-7-9-10-11-12-13-14-15-16-17-18-19-20-22-27-31-38-33-32-37(30-26-21-8-6-4-2)36(38)34-35-28-24-23-25-29-35/h23-25,28-29,32-33H,3-22,26-27,30-31,34H2,1-2H3/q+1. The van der Waals surface area contributed by atoms with E-state index < -0.39 is 0 Å². The SMILES string of the molecule is CCCCCCCCCCCCCCCCCCCn1cc[n+](CCCCCCC)c1Cc1ccccc1. The van der Waals surface area contributed by atoms with Gasteiger partial charge in [0.25, 0.3) is 5.82 Å². The molecular formula is C36H63N2+. The normalized spacial score (nSPS) is 11.4. The molecule has 2 heteroatoms. The Hall–Kier alpha value is -1.57. The Bertz CT molecular complexity index is 763. The van der Waals surface area contributed by atoms with Gasteiger partial charge in [-0.1, -0.05) is 160 Å². The third kappa shape index (κ3) is 15.7. The van der Waals surface area contributed by atoms with Gasteiger partial charge in [-0.15, -0.1) is 0 Å². The van der Waals surface area contributed by atoms with Crippen LogP contribution in [0.2, 0.25) is 0 Å². The molecule has 38 heavy (non-hydrogen) atoms. The first-order valence-corrected chi connectivity index (χ1v) is 17.0. The monoisotopic (exact) mass is 523 g/mol. The van der Waals surface area contributed by atoms with Crippen molar-refractivity contribution in [2.45, 2.75) is 175 Å². The second-order valence-electron chi connectivity index (χ2n) is 11.8. The van der Waals surface area contributed by atoms with Crippen molar-refractivity contribution in [3.05, 3.63) is 54.1 Å². The van der Waals surface area contributed by atoms with E-state index in [1.165, 1.54) is 159 Å². The van der Waals surface area contributed by atoms with Gasteiger partial charge in [-0.25, -0.2) is 9.13 Å². The zero-order valence-corrected chi connectivity index (χ0v) is 25.6. The van der Waals surface area contributed by atoms with Gasteiger partial charge in [-0.05, 0) is 31.2 Å². The van der Waals surface area contributed by atoms with Crippen molar-refractivity contribution in [2.75, 3.05) is 0 Å². The second kappa shape index (κ2) is 23.3. The third-order valence-corrected chi connectivity index (χ3v) is 8.30. The fourth-order valence-electron chi connectivity index (χ4n) is 5.78. The van der Waals surface area contributed by atoms with Crippen LogP contribution in [0.3, 0.4) is 0 Å². The predicted octanol–water partition coefficient (Wildman–Crippen LogP) is 11.0. The van der Waals surface area contributed by atoms with Crippen molar-refractivity contribution >= 4 is 0 Å². The molecule has 0 aliphatic carbocycles. The summed E-state index contributed by atoms with van der Waals surface area (Å²) >= 11 is 0. The lowest BCUT2D eigenvalue weighted by atomic mass is 10.0. The molecule has 0 radical (unpaired) electrons. The summed E-state index contributed by atoms with van der Waals surface area (Å²) in [6.07, 6.45) is 36.9. The molecule has 0 saturated heterocycles. The van der Waals surface area contributed by atoms with Crippen LogP contribution in [0.15, 0.2) is 42.7 Å². The Morgan fingerprint density at radius 3 is 1.47 bits per heavy atom. The molecule has 1 heterocycles. The van der Waals surface area contributed by atoms with E-state index in [1.807, 2.05) is 0 Å². The highest BCUT2D eigenvalue weighted by Crippen LogP contribution is 2.15. The molecule has 0 aliphatic rings. The Kier molecular flexibility index (Phi) is 20.0. The average Bonchev–Trinajstić information content (AvgIpc) is 3.31. The van der Waals surface area contributed by atoms with Crippen LogP contribution in [-0.4, -0.2) is 4.57 Å². The maximum absolute atomic E-state index is 2.55. The lowest BCUT2D eigenvalue weighted by molar-refractivity contribution is -0.703. The Morgan fingerprint density at radius 2 is 0.974 bits per heavy atom. The molecule has 0 bridgehead atoms. The second-order valence-corrected chi connectivity index (χ2v) is 11.8. The number of aryl methyl sites for hydroxylation is 2. The summed E-state index contributed by atoms with van der Waals surface area (Å²) in [6, 6.07) is 11.0. The fraction of sp³-hybridized carbons (Fsp3) is 0.750. The number of imidazole rings is 1. The third-order valence-electron chi connectivity index (χ3n) is 8.30.